The first-order valence-electron chi connectivity index (χ1n) is 8.95. The van der Waals surface area contributed by atoms with Crippen molar-refractivity contribution >= 4 is 11.9 Å². The molecule has 1 fully saturated rings. The van der Waals surface area contributed by atoms with Gasteiger partial charge in [0.1, 0.15) is 11.4 Å². The highest BCUT2D eigenvalue weighted by molar-refractivity contribution is 5.85. The number of hydrogen-bond acceptors (Lipinski definition) is 5. The number of nitrogens with zero attached hydrogens (tertiary/aromatic N) is 4. The summed E-state index contributed by atoms with van der Waals surface area (Å²) in [4.78, 5) is 27.7. The second-order valence-electron chi connectivity index (χ2n) is 6.50. The number of hydrogen-bond donors (Lipinski definition) is 1. The van der Waals surface area contributed by atoms with E-state index >= 15 is 0 Å². The Balaban J connectivity index is 1.44. The summed E-state index contributed by atoms with van der Waals surface area (Å²) in [5.74, 6) is -0.157. The van der Waals surface area contributed by atoms with E-state index < -0.39 is 5.97 Å². The molecule has 8 nitrogen and oxygen atoms in total. The van der Waals surface area contributed by atoms with Crippen molar-refractivity contribution in [2.45, 2.75) is 19.5 Å². The van der Waals surface area contributed by atoms with Gasteiger partial charge < -0.3 is 14.7 Å². The molecule has 2 aromatic rings. The molecule has 0 atom stereocenters. The number of aromatic nitrogens is 2. The topological polar surface area (TPSA) is 87.9 Å². The summed E-state index contributed by atoms with van der Waals surface area (Å²) in [6.07, 6.45) is 1.69. The average Bonchev–Trinajstić information content (AvgIpc) is 3.16. The van der Waals surface area contributed by atoms with Crippen molar-refractivity contribution in [1.29, 1.82) is 0 Å². The maximum Gasteiger partial charge on any atom is 0.354 e. The minimum atomic E-state index is -1.04. The fourth-order valence-electron chi connectivity index (χ4n) is 3.20. The van der Waals surface area contributed by atoms with Gasteiger partial charge in [0.2, 0.25) is 5.91 Å². The molecule has 144 valence electrons. The zero-order valence-corrected chi connectivity index (χ0v) is 15.4. The van der Waals surface area contributed by atoms with E-state index in [0.29, 0.717) is 13.1 Å². The number of carboxylic acids is 1. The summed E-state index contributed by atoms with van der Waals surface area (Å²) >= 11 is 0. The summed E-state index contributed by atoms with van der Waals surface area (Å²) in [7, 11) is 1.65. The number of aryl methyl sites for hydroxylation is 1. The van der Waals surface area contributed by atoms with E-state index in [1.807, 2.05) is 17.0 Å². The molecule has 0 bridgehead atoms. The first-order valence-corrected chi connectivity index (χ1v) is 8.95. The van der Waals surface area contributed by atoms with Gasteiger partial charge in [-0.3, -0.25) is 14.4 Å². The summed E-state index contributed by atoms with van der Waals surface area (Å²) in [5.41, 5.74) is 1.32. The van der Waals surface area contributed by atoms with Gasteiger partial charge in [0, 0.05) is 45.3 Å². The van der Waals surface area contributed by atoms with Gasteiger partial charge >= 0.3 is 5.97 Å². The van der Waals surface area contributed by atoms with Crippen LogP contribution in [0.25, 0.3) is 0 Å². The van der Waals surface area contributed by atoms with Gasteiger partial charge in [-0.25, -0.2) is 4.79 Å². The molecular formula is C19H24N4O4. The van der Waals surface area contributed by atoms with Crippen LogP contribution in [0.15, 0.2) is 36.5 Å². The Morgan fingerprint density at radius 1 is 1.11 bits per heavy atom. The summed E-state index contributed by atoms with van der Waals surface area (Å²) in [5, 5.41) is 13.1. The Morgan fingerprint density at radius 3 is 2.44 bits per heavy atom. The average molecular weight is 372 g/mol. The van der Waals surface area contributed by atoms with E-state index in [1.165, 1.54) is 22.5 Å². The predicted octanol–water partition coefficient (Wildman–Crippen LogP) is 1.32. The Kier molecular flexibility index (Phi) is 6.08. The third-order valence-corrected chi connectivity index (χ3v) is 4.76. The third-order valence-electron chi connectivity index (χ3n) is 4.76. The van der Waals surface area contributed by atoms with Crippen LogP contribution in [0.3, 0.4) is 0 Å². The molecule has 27 heavy (non-hydrogen) atoms. The maximum atomic E-state index is 12.4. The normalized spacial score (nSPS) is 14.9. The summed E-state index contributed by atoms with van der Waals surface area (Å²) < 4.78 is 6.53. The van der Waals surface area contributed by atoms with Gasteiger partial charge in [0.05, 0.1) is 13.7 Å². The van der Waals surface area contributed by atoms with Gasteiger partial charge in [-0.15, -0.1) is 0 Å². The summed E-state index contributed by atoms with van der Waals surface area (Å²) in [6.45, 7) is 4.13. The van der Waals surface area contributed by atoms with Crippen molar-refractivity contribution < 1.29 is 19.4 Å². The van der Waals surface area contributed by atoms with Gasteiger partial charge in [0.25, 0.3) is 0 Å². The van der Waals surface area contributed by atoms with Crippen molar-refractivity contribution in [2.75, 3.05) is 33.3 Å². The lowest BCUT2D eigenvalue weighted by Gasteiger charge is -2.34. The van der Waals surface area contributed by atoms with Gasteiger partial charge in [-0.05, 0) is 23.8 Å². The van der Waals surface area contributed by atoms with E-state index in [2.05, 4.69) is 22.1 Å². The number of rotatable bonds is 7. The Bertz CT molecular complexity index is 779. The van der Waals surface area contributed by atoms with Crippen molar-refractivity contribution in [1.82, 2.24) is 19.6 Å². The largest absolute Gasteiger partial charge is 0.497 e. The fraction of sp³-hybridized carbons (Fsp3) is 0.421. The zero-order valence-electron chi connectivity index (χ0n) is 15.4. The molecule has 0 unspecified atom stereocenters. The van der Waals surface area contributed by atoms with Crippen LogP contribution in [0, 0.1) is 0 Å². The smallest absolute Gasteiger partial charge is 0.354 e. The molecule has 2 heterocycles. The second kappa shape index (κ2) is 8.68. The lowest BCUT2D eigenvalue weighted by molar-refractivity contribution is -0.133. The third kappa shape index (κ3) is 4.85. The monoisotopic (exact) mass is 372 g/mol. The molecule has 1 amide bonds. The molecule has 0 saturated carbocycles. The molecule has 3 rings (SSSR count). The van der Waals surface area contributed by atoms with Gasteiger partial charge in [0.15, 0.2) is 0 Å². The SMILES string of the molecule is COc1ccc(CN2CCN(C(=O)CCn3nccc3C(=O)O)CC2)cc1. The molecule has 0 aliphatic carbocycles. The minimum Gasteiger partial charge on any atom is -0.497 e. The highest BCUT2D eigenvalue weighted by Crippen LogP contribution is 2.14. The van der Waals surface area contributed by atoms with Crippen LogP contribution >= 0.6 is 0 Å². The van der Waals surface area contributed by atoms with Crippen molar-refractivity contribution in [2.24, 2.45) is 0 Å². The predicted molar refractivity (Wildman–Crippen MR) is 98.7 cm³/mol. The number of carboxylic acid groups (broad SMARTS) is 1. The molecule has 1 N–H and O–H groups in total. The number of methoxy groups -OCH3 is 1. The van der Waals surface area contributed by atoms with Crippen molar-refractivity contribution in [3.8, 4) is 5.75 Å². The van der Waals surface area contributed by atoms with Crippen LogP contribution in [-0.2, 0) is 17.9 Å². The molecule has 1 aliphatic rings. The lowest BCUT2D eigenvalue weighted by atomic mass is 10.2. The van der Waals surface area contributed by atoms with Crippen LogP contribution in [0.5, 0.6) is 5.75 Å². The van der Waals surface area contributed by atoms with E-state index in [9.17, 15) is 9.59 Å². The van der Waals surface area contributed by atoms with Crippen LogP contribution < -0.4 is 4.74 Å². The van der Waals surface area contributed by atoms with Crippen molar-refractivity contribution in [3.63, 3.8) is 0 Å². The van der Waals surface area contributed by atoms with E-state index in [0.717, 1.165) is 25.4 Å². The molecule has 0 radical (unpaired) electrons. The van der Waals surface area contributed by atoms with Crippen LogP contribution in [-0.4, -0.2) is 69.9 Å². The lowest BCUT2D eigenvalue weighted by Crippen LogP contribution is -2.48. The number of benzene rings is 1. The fourth-order valence-corrected chi connectivity index (χ4v) is 3.20. The summed E-state index contributed by atoms with van der Waals surface area (Å²) in [6, 6.07) is 9.46. The molecule has 1 aliphatic heterocycles. The first kappa shape index (κ1) is 18.9. The molecule has 1 saturated heterocycles. The Morgan fingerprint density at radius 2 is 1.81 bits per heavy atom. The van der Waals surface area contributed by atoms with Crippen molar-refractivity contribution in [3.05, 3.63) is 47.8 Å². The van der Waals surface area contributed by atoms with Crippen LogP contribution in [0.1, 0.15) is 22.5 Å². The van der Waals surface area contributed by atoms with Gasteiger partial charge in [-0.2, -0.15) is 5.10 Å². The zero-order chi connectivity index (χ0) is 19.2. The van der Waals surface area contributed by atoms with Crippen LogP contribution in [0.2, 0.25) is 0 Å². The molecule has 8 heteroatoms. The molecule has 1 aromatic heterocycles. The number of carbonyl (C=O) groups is 2. The second-order valence-corrected chi connectivity index (χ2v) is 6.50. The Labute approximate surface area is 157 Å². The number of carbonyl (C=O) groups excluding carboxylic acids is 1. The highest BCUT2D eigenvalue weighted by atomic mass is 16.5. The molecule has 1 aromatic carbocycles. The van der Waals surface area contributed by atoms with Gasteiger partial charge in [-0.1, -0.05) is 12.1 Å². The number of ether oxygens (including phenoxy) is 1. The molecule has 0 spiro atoms. The Hall–Kier alpha value is -2.87. The number of amides is 1. The number of aromatic carboxylic acids is 1. The maximum absolute atomic E-state index is 12.4. The van der Waals surface area contributed by atoms with Crippen LogP contribution in [0.4, 0.5) is 0 Å². The molecular weight excluding hydrogens is 348 g/mol. The van der Waals surface area contributed by atoms with E-state index in [-0.39, 0.29) is 24.6 Å². The quantitative estimate of drug-likeness (QED) is 0.789. The highest BCUT2D eigenvalue weighted by Gasteiger charge is 2.21. The first-order chi connectivity index (χ1) is 13.1. The number of piperazine rings is 1. The standard InChI is InChI=1S/C19H24N4O4/c1-27-16-4-2-15(3-5-16)14-21-10-12-22(13-11-21)18(24)7-9-23-17(19(25)26)6-8-20-23/h2-6,8H,7,9-14H2,1H3,(H,25,26). The minimum absolute atomic E-state index is 0.0333. The van der Waals surface area contributed by atoms with E-state index in [1.54, 1.807) is 7.11 Å². The van der Waals surface area contributed by atoms with E-state index in [4.69, 9.17) is 9.84 Å².